The summed E-state index contributed by atoms with van der Waals surface area (Å²) in [6, 6.07) is 7.30. The maximum absolute atomic E-state index is 11.9. The summed E-state index contributed by atoms with van der Waals surface area (Å²) < 4.78 is 5.72. The fourth-order valence-corrected chi connectivity index (χ4v) is 2.47. The molecule has 1 aromatic carbocycles. The normalized spacial score (nSPS) is 17.4. The third-order valence-electron chi connectivity index (χ3n) is 3.65. The zero-order valence-corrected chi connectivity index (χ0v) is 12.5. The zero-order valence-electron chi connectivity index (χ0n) is 12.5. The van der Waals surface area contributed by atoms with Gasteiger partial charge in [0.2, 0.25) is 5.91 Å². The molecule has 0 bridgehead atoms. The van der Waals surface area contributed by atoms with Gasteiger partial charge in [0, 0.05) is 11.3 Å². The molecular formula is C16H24N2O3. The molecular weight excluding hydrogens is 268 g/mol. The first kappa shape index (κ1) is 15.9. The lowest BCUT2D eigenvalue weighted by atomic mass is 10.1. The van der Waals surface area contributed by atoms with Crippen molar-refractivity contribution in [1.82, 2.24) is 5.32 Å². The van der Waals surface area contributed by atoms with Crippen LogP contribution in [0.4, 0.5) is 5.69 Å². The van der Waals surface area contributed by atoms with Crippen molar-refractivity contribution < 1.29 is 14.6 Å². The van der Waals surface area contributed by atoms with Crippen LogP contribution in [0, 0.1) is 0 Å². The molecule has 21 heavy (non-hydrogen) atoms. The summed E-state index contributed by atoms with van der Waals surface area (Å²) in [5.74, 6) is -0.0861. The number of piperidine rings is 1. The Bertz CT molecular complexity index is 457. The van der Waals surface area contributed by atoms with E-state index in [1.807, 2.05) is 18.2 Å². The Hall–Kier alpha value is -1.43. The van der Waals surface area contributed by atoms with Crippen LogP contribution in [-0.4, -0.2) is 36.8 Å². The van der Waals surface area contributed by atoms with Crippen LogP contribution in [0.1, 0.15) is 37.9 Å². The summed E-state index contributed by atoms with van der Waals surface area (Å²) in [6.45, 7) is 4.09. The molecule has 0 aliphatic carbocycles. The molecule has 3 N–H and O–H groups in total. The van der Waals surface area contributed by atoms with Gasteiger partial charge >= 0.3 is 0 Å². The van der Waals surface area contributed by atoms with E-state index in [1.165, 1.54) is 0 Å². The van der Waals surface area contributed by atoms with Gasteiger partial charge in [-0.3, -0.25) is 4.79 Å². The molecule has 0 saturated carbocycles. The van der Waals surface area contributed by atoms with Gasteiger partial charge in [-0.15, -0.1) is 0 Å². The molecule has 0 aromatic heterocycles. The van der Waals surface area contributed by atoms with Crippen LogP contribution in [0.3, 0.4) is 0 Å². The number of benzene rings is 1. The first-order valence-corrected chi connectivity index (χ1v) is 7.56. The van der Waals surface area contributed by atoms with E-state index >= 15 is 0 Å². The molecule has 1 aromatic rings. The molecule has 116 valence electrons. The second kappa shape index (κ2) is 8.12. The van der Waals surface area contributed by atoms with E-state index in [-0.39, 0.29) is 12.0 Å². The fourth-order valence-electron chi connectivity index (χ4n) is 2.47. The molecule has 1 amide bonds. The molecule has 1 atom stereocenters. The van der Waals surface area contributed by atoms with Crippen molar-refractivity contribution >= 4 is 11.6 Å². The van der Waals surface area contributed by atoms with Crippen LogP contribution in [0.15, 0.2) is 24.3 Å². The Balaban J connectivity index is 1.76. The molecule has 1 aliphatic rings. The quantitative estimate of drug-likeness (QED) is 0.748. The minimum absolute atomic E-state index is 0.0861. The highest BCUT2D eigenvalue weighted by Crippen LogP contribution is 2.22. The average Bonchev–Trinajstić information content (AvgIpc) is 2.48. The predicted octanol–water partition coefficient (Wildman–Crippen LogP) is 1.84. The highest BCUT2D eigenvalue weighted by molar-refractivity contribution is 5.91. The van der Waals surface area contributed by atoms with Crippen LogP contribution in [-0.2, 0) is 9.53 Å². The molecule has 0 spiro atoms. The standard InChI is InChI=1S/C16H24N2O3/c1-12(19)14-4-2-3-5-15(14)18-16(20)8-11-21-13-6-9-17-10-7-13/h2-5,12-13,17,19H,6-11H2,1H3,(H,18,20). The van der Waals surface area contributed by atoms with E-state index in [2.05, 4.69) is 10.6 Å². The molecule has 1 aliphatic heterocycles. The van der Waals surface area contributed by atoms with Crippen molar-refractivity contribution in [2.24, 2.45) is 0 Å². The molecule has 1 saturated heterocycles. The predicted molar refractivity (Wildman–Crippen MR) is 82.2 cm³/mol. The van der Waals surface area contributed by atoms with E-state index in [9.17, 15) is 9.90 Å². The van der Waals surface area contributed by atoms with Crippen LogP contribution < -0.4 is 10.6 Å². The third-order valence-corrected chi connectivity index (χ3v) is 3.65. The monoisotopic (exact) mass is 292 g/mol. The summed E-state index contributed by atoms with van der Waals surface area (Å²) in [7, 11) is 0. The lowest BCUT2D eigenvalue weighted by Crippen LogP contribution is -2.33. The number of para-hydroxylation sites is 1. The highest BCUT2D eigenvalue weighted by Gasteiger charge is 2.14. The lowest BCUT2D eigenvalue weighted by Gasteiger charge is -2.22. The smallest absolute Gasteiger partial charge is 0.226 e. The van der Waals surface area contributed by atoms with Gasteiger partial charge in [-0.1, -0.05) is 18.2 Å². The number of carbonyl (C=O) groups is 1. The fraction of sp³-hybridized carbons (Fsp3) is 0.562. The van der Waals surface area contributed by atoms with E-state index in [0.29, 0.717) is 18.7 Å². The third kappa shape index (κ3) is 5.12. The van der Waals surface area contributed by atoms with Gasteiger partial charge in [-0.05, 0) is 38.9 Å². The topological polar surface area (TPSA) is 70.6 Å². The number of hydrogen-bond donors (Lipinski definition) is 3. The molecule has 2 rings (SSSR count). The SMILES string of the molecule is CC(O)c1ccccc1NC(=O)CCOC1CCNCC1. The lowest BCUT2D eigenvalue weighted by molar-refractivity contribution is -0.117. The van der Waals surface area contributed by atoms with Crippen LogP contribution >= 0.6 is 0 Å². The number of carbonyl (C=O) groups excluding carboxylic acids is 1. The second-order valence-corrected chi connectivity index (χ2v) is 5.38. The highest BCUT2D eigenvalue weighted by atomic mass is 16.5. The van der Waals surface area contributed by atoms with Crippen molar-refractivity contribution in [3.05, 3.63) is 29.8 Å². The Morgan fingerprint density at radius 2 is 2.14 bits per heavy atom. The average molecular weight is 292 g/mol. The van der Waals surface area contributed by atoms with Crippen molar-refractivity contribution in [2.45, 2.75) is 38.4 Å². The van der Waals surface area contributed by atoms with Gasteiger partial charge in [0.1, 0.15) is 0 Å². The van der Waals surface area contributed by atoms with Crippen molar-refractivity contribution in [3.8, 4) is 0 Å². The van der Waals surface area contributed by atoms with Gasteiger partial charge in [0.05, 0.1) is 25.2 Å². The zero-order chi connectivity index (χ0) is 15.1. The number of hydrogen-bond acceptors (Lipinski definition) is 4. The summed E-state index contributed by atoms with van der Waals surface area (Å²) in [5.41, 5.74) is 1.39. The van der Waals surface area contributed by atoms with Crippen LogP contribution in [0.5, 0.6) is 0 Å². The Kier molecular flexibility index (Phi) is 6.17. The summed E-state index contributed by atoms with van der Waals surface area (Å²) in [6.07, 6.45) is 2.01. The van der Waals surface area contributed by atoms with E-state index in [1.54, 1.807) is 13.0 Å². The summed E-state index contributed by atoms with van der Waals surface area (Å²) >= 11 is 0. The van der Waals surface area contributed by atoms with Crippen LogP contribution in [0.25, 0.3) is 0 Å². The first-order chi connectivity index (χ1) is 10.2. The van der Waals surface area contributed by atoms with E-state index in [0.717, 1.165) is 31.5 Å². The van der Waals surface area contributed by atoms with Crippen molar-refractivity contribution in [3.63, 3.8) is 0 Å². The number of amides is 1. The number of nitrogens with one attached hydrogen (secondary N) is 2. The molecule has 1 heterocycles. The van der Waals surface area contributed by atoms with Gasteiger partial charge in [0.25, 0.3) is 0 Å². The van der Waals surface area contributed by atoms with Gasteiger partial charge in [-0.25, -0.2) is 0 Å². The number of ether oxygens (including phenoxy) is 1. The van der Waals surface area contributed by atoms with Gasteiger partial charge in [0.15, 0.2) is 0 Å². The Labute approximate surface area is 125 Å². The van der Waals surface area contributed by atoms with Gasteiger partial charge in [-0.2, -0.15) is 0 Å². The molecule has 1 fully saturated rings. The summed E-state index contributed by atoms with van der Waals surface area (Å²) in [4.78, 5) is 11.9. The number of aliphatic hydroxyl groups excluding tert-OH is 1. The van der Waals surface area contributed by atoms with Crippen molar-refractivity contribution in [1.29, 1.82) is 0 Å². The number of rotatable bonds is 6. The minimum Gasteiger partial charge on any atom is -0.389 e. The van der Waals surface area contributed by atoms with Gasteiger partial charge < -0.3 is 20.5 Å². The maximum Gasteiger partial charge on any atom is 0.226 e. The molecule has 1 unspecified atom stereocenters. The van der Waals surface area contributed by atoms with E-state index in [4.69, 9.17) is 4.74 Å². The molecule has 5 nitrogen and oxygen atoms in total. The van der Waals surface area contributed by atoms with Crippen molar-refractivity contribution in [2.75, 3.05) is 25.0 Å². The largest absolute Gasteiger partial charge is 0.389 e. The maximum atomic E-state index is 11.9. The van der Waals surface area contributed by atoms with E-state index < -0.39 is 6.10 Å². The Morgan fingerprint density at radius 3 is 2.86 bits per heavy atom. The Morgan fingerprint density at radius 1 is 1.43 bits per heavy atom. The molecule has 0 radical (unpaired) electrons. The summed E-state index contributed by atoms with van der Waals surface area (Å²) in [5, 5.41) is 15.8. The minimum atomic E-state index is -0.604. The molecule has 5 heteroatoms. The number of aliphatic hydroxyl groups is 1. The second-order valence-electron chi connectivity index (χ2n) is 5.38. The first-order valence-electron chi connectivity index (χ1n) is 7.56. The number of anilines is 1. The van der Waals surface area contributed by atoms with Crippen LogP contribution in [0.2, 0.25) is 0 Å².